The summed E-state index contributed by atoms with van der Waals surface area (Å²) >= 11 is 0. The quantitative estimate of drug-likeness (QED) is 0.141. The van der Waals surface area contributed by atoms with E-state index in [0.29, 0.717) is 36.2 Å². The first kappa shape index (κ1) is 71.8. The van der Waals surface area contributed by atoms with Crippen LogP contribution in [0, 0.1) is 17.8 Å². The lowest BCUT2D eigenvalue weighted by Gasteiger charge is -2.38. The first-order valence-corrected chi connectivity index (χ1v) is 31.3. The summed E-state index contributed by atoms with van der Waals surface area (Å²) in [6, 6.07) is 13.0. The zero-order valence-corrected chi connectivity index (χ0v) is 55.0. The second kappa shape index (κ2) is 32.5. The number of hydrogen-bond donors (Lipinski definition) is 4. The lowest BCUT2D eigenvalue weighted by Crippen LogP contribution is -2.62. The van der Waals surface area contributed by atoms with E-state index in [2.05, 4.69) is 22.5 Å². The van der Waals surface area contributed by atoms with Crippen molar-refractivity contribution < 1.29 is 53.1 Å². The molecule has 1 fully saturated rings. The van der Waals surface area contributed by atoms with E-state index in [1.165, 1.54) is 87.6 Å². The number of benzene rings is 3. The van der Waals surface area contributed by atoms with Crippen LogP contribution in [0.15, 0.2) is 91.5 Å². The molecule has 486 valence electrons. The fourth-order valence-corrected chi connectivity index (χ4v) is 11.4. The summed E-state index contributed by atoms with van der Waals surface area (Å²) in [6.07, 6.45) is 1.63. The summed E-state index contributed by atoms with van der Waals surface area (Å²) in [5.41, 5.74) is 2.12. The molecule has 0 saturated carbocycles. The monoisotopic (exact) mass is 1230 g/mol. The van der Waals surface area contributed by atoms with E-state index in [1.54, 1.807) is 66.4 Å². The Morgan fingerprint density at radius 2 is 0.933 bits per heavy atom. The van der Waals surface area contributed by atoms with Crippen LogP contribution in [0.2, 0.25) is 0 Å². The van der Waals surface area contributed by atoms with Crippen LogP contribution in [0.1, 0.15) is 129 Å². The number of likely N-dealkylation sites (N-methyl/N-ethyl adjacent to an activating group) is 6. The van der Waals surface area contributed by atoms with Crippen molar-refractivity contribution in [2.45, 2.75) is 174 Å². The maximum atomic E-state index is 15.2. The average molecular weight is 1230 g/mol. The van der Waals surface area contributed by atoms with Gasteiger partial charge in [-0.1, -0.05) is 139 Å². The molecule has 3 heterocycles. The predicted molar refractivity (Wildman–Crippen MR) is 342 cm³/mol. The molecule has 11 atom stereocenters. The first-order valence-electron chi connectivity index (χ1n) is 31.3. The molecule has 21 nitrogen and oxygen atoms in total. The fraction of sp³-hybridized carbons (Fsp3) is 0.559. The van der Waals surface area contributed by atoms with Gasteiger partial charge in [-0.3, -0.25) is 47.9 Å². The number of carbonyl (C=O) groups is 10. The molecule has 6 rings (SSSR count). The van der Waals surface area contributed by atoms with Crippen LogP contribution < -0.4 is 16.0 Å². The number of amides is 10. The zero-order valence-electron chi connectivity index (χ0n) is 55.0. The molecule has 0 aromatic heterocycles. The van der Waals surface area contributed by atoms with Crippen LogP contribution in [0.5, 0.6) is 0 Å². The molecule has 2 bridgehead atoms. The summed E-state index contributed by atoms with van der Waals surface area (Å²) in [5, 5.41) is 19.9. The number of fused-ring (bicyclic) bond motifs is 29. The molecule has 3 aliphatic rings. The number of carbonyl (C=O) groups excluding carboxylic acids is 10. The third kappa shape index (κ3) is 18.1. The Morgan fingerprint density at radius 3 is 1.39 bits per heavy atom. The Kier molecular flexibility index (Phi) is 26.2. The molecule has 10 amide bonds. The van der Waals surface area contributed by atoms with E-state index >= 15 is 4.79 Å². The van der Waals surface area contributed by atoms with Crippen LogP contribution in [0.4, 0.5) is 0 Å². The summed E-state index contributed by atoms with van der Waals surface area (Å²) in [7, 11) is 8.59. The van der Waals surface area contributed by atoms with Gasteiger partial charge in [-0.05, 0) is 92.9 Å². The van der Waals surface area contributed by atoms with Gasteiger partial charge in [-0.2, -0.15) is 0 Å². The lowest BCUT2D eigenvalue weighted by atomic mass is 9.95. The molecule has 21 heteroatoms. The van der Waals surface area contributed by atoms with Crippen molar-refractivity contribution in [1.29, 1.82) is 0 Å². The van der Waals surface area contributed by atoms with E-state index in [1.807, 2.05) is 65.0 Å². The Morgan fingerprint density at radius 1 is 0.517 bits per heavy atom. The van der Waals surface area contributed by atoms with Gasteiger partial charge in [0.15, 0.2) is 0 Å². The van der Waals surface area contributed by atoms with Gasteiger partial charge in [0.2, 0.25) is 53.2 Å². The summed E-state index contributed by atoms with van der Waals surface area (Å²) < 4.78 is 0. The highest BCUT2D eigenvalue weighted by molar-refractivity contribution is 6.19. The van der Waals surface area contributed by atoms with Crippen molar-refractivity contribution in [2.75, 3.05) is 55.4 Å². The van der Waals surface area contributed by atoms with Crippen molar-refractivity contribution in [3.05, 3.63) is 114 Å². The van der Waals surface area contributed by atoms with E-state index in [4.69, 9.17) is 0 Å². The van der Waals surface area contributed by atoms with E-state index in [9.17, 15) is 48.3 Å². The molecule has 0 radical (unpaired) electrons. The SMILES string of the molecule is C=C1C(=O)N(C)[C@@H](Cc2ccccc2)C(=O)N(C)[C@@H](CC(C)C)C(=O)N[C@@H]([C@@H](C)CC)C(=O)N(C)[C@@H](C)C(=O)N(C)[C@@H](Cc2ccccc2)C(=O)N[C@@H]([C@@H](C)O)C(=O)N(C)[C@@H](C)C(=O)N(C)[C@@H](CC(C)C)C(=O)N[C@H](C(=O)N2CCCCC2)c2ccc1cc2. The van der Waals surface area contributed by atoms with Crippen molar-refractivity contribution in [3.8, 4) is 0 Å². The molecule has 3 aliphatic heterocycles. The Balaban J connectivity index is 1.67. The third-order valence-electron chi connectivity index (χ3n) is 17.8. The summed E-state index contributed by atoms with van der Waals surface area (Å²) in [4.78, 5) is 157. The largest absolute Gasteiger partial charge is 0.391 e. The van der Waals surface area contributed by atoms with Crippen molar-refractivity contribution in [1.82, 2.24) is 50.2 Å². The Bertz CT molecular complexity index is 2970. The number of likely N-dealkylation sites (tertiary alicyclic amines) is 1. The van der Waals surface area contributed by atoms with Crippen LogP contribution in [0.25, 0.3) is 5.57 Å². The summed E-state index contributed by atoms with van der Waals surface area (Å²) in [6.45, 7) is 20.5. The molecular formula is C68H98N10O11. The molecule has 3 aromatic carbocycles. The number of rotatable bonds is 12. The average Bonchev–Trinajstić information content (AvgIpc) is 2.65. The lowest BCUT2D eigenvalue weighted by molar-refractivity contribution is -0.151. The summed E-state index contributed by atoms with van der Waals surface area (Å²) in [5.74, 6) is -7.26. The number of aliphatic hydroxyl groups is 1. The first-order chi connectivity index (χ1) is 41.9. The molecule has 0 aliphatic carbocycles. The third-order valence-corrected chi connectivity index (χ3v) is 17.8. The number of nitrogens with one attached hydrogen (secondary N) is 3. The molecule has 3 aromatic rings. The normalized spacial score (nSPS) is 25.2. The van der Waals surface area contributed by atoms with E-state index in [0.717, 1.165) is 29.7 Å². The molecular weight excluding hydrogens is 1130 g/mol. The highest BCUT2D eigenvalue weighted by Crippen LogP contribution is 2.27. The Labute approximate surface area is 526 Å². The van der Waals surface area contributed by atoms with Crippen molar-refractivity contribution in [2.24, 2.45) is 17.8 Å². The highest BCUT2D eigenvalue weighted by Gasteiger charge is 2.43. The van der Waals surface area contributed by atoms with Gasteiger partial charge < -0.3 is 55.4 Å². The van der Waals surface area contributed by atoms with Crippen LogP contribution in [-0.2, 0) is 60.8 Å². The topological polar surface area (TPSA) is 250 Å². The minimum absolute atomic E-state index is 0.0134. The second-order valence-corrected chi connectivity index (χ2v) is 25.2. The van der Waals surface area contributed by atoms with Crippen LogP contribution in [0.3, 0.4) is 0 Å². The standard InChI is InChI=1S/C68H98N10O11/c1-17-43(6)56-66(87)72(11)45(8)64(85)75(14)54(39-48-27-21-18-22-28-48)61(82)70-57(47(10)79)67(88)73(12)46(9)63(84)74(13)52(37-41(2)3)60(81)71-58(68(89)78-35-25-20-26-36-78)51-33-31-50(32-34-51)44(7)62(83)77(16)55(40-49-29-23-19-24-30-49)65(86)76(15)53(38-42(4)5)59(80)69-56/h18-19,21-24,27-34,41-43,45-47,52-58,79H,7,17,20,25-26,35-40H2,1-6,8-16H3,(H,69,80)(H,70,82)(H,71,81)/t43-,45-,46-,47+,52-,53-,54-,55-,56-,57-,58-/m0/s1. The highest BCUT2D eigenvalue weighted by atomic mass is 16.3. The number of nitrogens with zero attached hydrogens (tertiary/aromatic N) is 7. The van der Waals surface area contributed by atoms with Gasteiger partial charge in [0.1, 0.15) is 54.4 Å². The smallest absolute Gasteiger partial charge is 0.254 e. The number of hydrogen-bond acceptors (Lipinski definition) is 11. The van der Waals surface area contributed by atoms with Gasteiger partial charge >= 0.3 is 0 Å². The van der Waals surface area contributed by atoms with Crippen molar-refractivity contribution in [3.63, 3.8) is 0 Å². The maximum absolute atomic E-state index is 15.2. The minimum Gasteiger partial charge on any atom is -0.391 e. The minimum atomic E-state index is -1.65. The predicted octanol–water partition coefficient (Wildman–Crippen LogP) is 4.86. The zero-order chi connectivity index (χ0) is 66.3. The Hall–Kier alpha value is -7.94. The van der Waals surface area contributed by atoms with Crippen LogP contribution in [-0.4, -0.2) is 208 Å². The number of aliphatic hydroxyl groups excluding tert-OH is 1. The maximum Gasteiger partial charge on any atom is 0.254 e. The van der Waals surface area contributed by atoms with Crippen molar-refractivity contribution >= 4 is 64.6 Å². The molecule has 1 saturated heterocycles. The van der Waals surface area contributed by atoms with Crippen LogP contribution >= 0.6 is 0 Å². The van der Waals surface area contributed by atoms with Gasteiger partial charge in [0.25, 0.3) is 5.91 Å². The van der Waals surface area contributed by atoms with Gasteiger partial charge in [-0.15, -0.1) is 0 Å². The molecule has 4 N–H and O–H groups in total. The van der Waals surface area contributed by atoms with E-state index in [-0.39, 0.29) is 49.0 Å². The molecule has 0 spiro atoms. The van der Waals surface area contributed by atoms with Gasteiger partial charge in [-0.25, -0.2) is 0 Å². The second-order valence-electron chi connectivity index (χ2n) is 25.2. The van der Waals surface area contributed by atoms with Gasteiger partial charge in [0.05, 0.1) is 6.10 Å². The molecule has 89 heavy (non-hydrogen) atoms. The number of piperidine rings is 1. The fourth-order valence-electron chi connectivity index (χ4n) is 11.4. The van der Waals surface area contributed by atoms with E-state index < -0.39 is 120 Å². The molecule has 0 unspecified atom stereocenters. The van der Waals surface area contributed by atoms with Gasteiger partial charge in [0, 0.05) is 73.8 Å².